The minimum atomic E-state index is -0.403. The molecule has 88 valence electrons. The lowest BCUT2D eigenvalue weighted by molar-refractivity contribution is 0.102. The van der Waals surface area contributed by atoms with Crippen LogP contribution in [-0.2, 0) is 0 Å². The summed E-state index contributed by atoms with van der Waals surface area (Å²) in [6.07, 6.45) is 0. The van der Waals surface area contributed by atoms with Crippen LogP contribution >= 0.6 is 11.6 Å². The van der Waals surface area contributed by atoms with Gasteiger partial charge in [0.15, 0.2) is 0 Å². The van der Waals surface area contributed by atoms with Crippen LogP contribution in [0, 0.1) is 11.3 Å². The van der Waals surface area contributed by atoms with Gasteiger partial charge in [0.25, 0.3) is 5.91 Å². The zero-order valence-electron chi connectivity index (χ0n) is 9.22. The minimum Gasteiger partial charge on any atom is -0.319 e. The molecule has 0 saturated heterocycles. The van der Waals surface area contributed by atoms with Crippen molar-refractivity contribution < 1.29 is 4.79 Å². The number of carbonyl (C=O) groups excluding carboxylic acids is 1. The van der Waals surface area contributed by atoms with Gasteiger partial charge in [-0.3, -0.25) is 4.79 Å². The van der Waals surface area contributed by atoms with Gasteiger partial charge < -0.3 is 5.32 Å². The Bertz CT molecular complexity index is 634. The SMILES string of the molecule is N#Cc1ccccc1NC(=O)c1cccc(Cl)n1. The topological polar surface area (TPSA) is 65.8 Å². The highest BCUT2D eigenvalue weighted by Gasteiger charge is 2.10. The predicted octanol–water partition coefficient (Wildman–Crippen LogP) is 2.86. The summed E-state index contributed by atoms with van der Waals surface area (Å²) in [5.41, 5.74) is 1.05. The fourth-order valence-corrected chi connectivity index (χ4v) is 1.57. The van der Waals surface area contributed by atoms with E-state index in [0.29, 0.717) is 11.3 Å². The number of rotatable bonds is 2. The normalized spacial score (nSPS) is 9.56. The fourth-order valence-electron chi connectivity index (χ4n) is 1.41. The van der Waals surface area contributed by atoms with E-state index in [1.807, 2.05) is 6.07 Å². The number of anilines is 1. The van der Waals surface area contributed by atoms with Crippen molar-refractivity contribution in [2.45, 2.75) is 0 Å². The van der Waals surface area contributed by atoms with Gasteiger partial charge in [0.05, 0.1) is 11.3 Å². The number of benzene rings is 1. The van der Waals surface area contributed by atoms with Crippen molar-refractivity contribution in [3.05, 3.63) is 58.9 Å². The molecule has 1 N–H and O–H groups in total. The lowest BCUT2D eigenvalue weighted by Gasteiger charge is -2.06. The van der Waals surface area contributed by atoms with E-state index in [-0.39, 0.29) is 10.8 Å². The van der Waals surface area contributed by atoms with Crippen molar-refractivity contribution in [2.24, 2.45) is 0 Å². The number of nitriles is 1. The number of halogens is 1. The number of aromatic nitrogens is 1. The van der Waals surface area contributed by atoms with E-state index < -0.39 is 5.91 Å². The first kappa shape index (κ1) is 12.1. The van der Waals surface area contributed by atoms with Crippen LogP contribution in [0.5, 0.6) is 0 Å². The summed E-state index contributed by atoms with van der Waals surface area (Å²) in [4.78, 5) is 15.8. The summed E-state index contributed by atoms with van der Waals surface area (Å²) in [7, 11) is 0. The molecule has 0 saturated carbocycles. The first-order valence-electron chi connectivity index (χ1n) is 5.14. The summed E-state index contributed by atoms with van der Waals surface area (Å²) < 4.78 is 0. The summed E-state index contributed by atoms with van der Waals surface area (Å²) in [6.45, 7) is 0. The van der Waals surface area contributed by atoms with Gasteiger partial charge in [-0.05, 0) is 24.3 Å². The van der Waals surface area contributed by atoms with Gasteiger partial charge >= 0.3 is 0 Å². The van der Waals surface area contributed by atoms with E-state index in [4.69, 9.17) is 16.9 Å². The molecule has 2 aromatic rings. The molecule has 0 spiro atoms. The molecule has 0 aliphatic carbocycles. The molecule has 0 fully saturated rings. The number of nitrogens with one attached hydrogen (secondary N) is 1. The maximum absolute atomic E-state index is 11.9. The Morgan fingerprint density at radius 1 is 1.22 bits per heavy atom. The van der Waals surface area contributed by atoms with Crippen LogP contribution in [-0.4, -0.2) is 10.9 Å². The first-order chi connectivity index (χ1) is 8.70. The second kappa shape index (κ2) is 5.30. The van der Waals surface area contributed by atoms with Gasteiger partial charge in [0.1, 0.15) is 16.9 Å². The molecule has 0 aliphatic heterocycles. The Hall–Kier alpha value is -2.38. The van der Waals surface area contributed by atoms with Crippen LogP contribution in [0.2, 0.25) is 5.15 Å². The molecule has 2 rings (SSSR count). The molecule has 0 atom stereocenters. The zero-order valence-corrected chi connectivity index (χ0v) is 9.98. The van der Waals surface area contributed by atoms with E-state index in [9.17, 15) is 4.79 Å². The monoisotopic (exact) mass is 257 g/mol. The summed E-state index contributed by atoms with van der Waals surface area (Å²) in [6, 6.07) is 13.5. The Morgan fingerprint density at radius 2 is 2.00 bits per heavy atom. The molecule has 1 aromatic carbocycles. The summed E-state index contributed by atoms with van der Waals surface area (Å²) >= 11 is 5.71. The second-order valence-corrected chi connectivity index (χ2v) is 3.84. The van der Waals surface area contributed by atoms with Crippen LogP contribution in [0.3, 0.4) is 0 Å². The number of pyridine rings is 1. The summed E-state index contributed by atoms with van der Waals surface area (Å²) in [5, 5.41) is 11.8. The van der Waals surface area contributed by atoms with E-state index >= 15 is 0 Å². The highest BCUT2D eigenvalue weighted by atomic mass is 35.5. The second-order valence-electron chi connectivity index (χ2n) is 3.46. The summed E-state index contributed by atoms with van der Waals surface area (Å²) in [5.74, 6) is -0.403. The highest BCUT2D eigenvalue weighted by molar-refractivity contribution is 6.29. The zero-order chi connectivity index (χ0) is 13.0. The van der Waals surface area contributed by atoms with Crippen LogP contribution < -0.4 is 5.32 Å². The molecular weight excluding hydrogens is 250 g/mol. The molecule has 0 bridgehead atoms. The smallest absolute Gasteiger partial charge is 0.274 e. The molecule has 0 unspecified atom stereocenters. The van der Waals surface area contributed by atoms with E-state index in [1.54, 1.807) is 42.5 Å². The van der Waals surface area contributed by atoms with Crippen molar-refractivity contribution >= 4 is 23.2 Å². The van der Waals surface area contributed by atoms with E-state index in [0.717, 1.165) is 0 Å². The maximum atomic E-state index is 11.9. The third kappa shape index (κ3) is 2.65. The maximum Gasteiger partial charge on any atom is 0.274 e. The number of hydrogen-bond acceptors (Lipinski definition) is 3. The molecule has 1 aromatic heterocycles. The molecular formula is C13H8ClN3O. The highest BCUT2D eigenvalue weighted by Crippen LogP contribution is 2.15. The van der Waals surface area contributed by atoms with Crippen molar-refractivity contribution in [2.75, 3.05) is 5.32 Å². The number of nitrogens with zero attached hydrogens (tertiary/aromatic N) is 2. The van der Waals surface area contributed by atoms with Gasteiger partial charge in [-0.2, -0.15) is 5.26 Å². The number of amides is 1. The Kier molecular flexibility index (Phi) is 3.56. The van der Waals surface area contributed by atoms with Crippen molar-refractivity contribution in [3.8, 4) is 6.07 Å². The molecule has 18 heavy (non-hydrogen) atoms. The molecule has 0 aliphatic rings. The molecule has 1 amide bonds. The van der Waals surface area contributed by atoms with Crippen LogP contribution in [0.25, 0.3) is 0 Å². The Balaban J connectivity index is 2.25. The fraction of sp³-hybridized carbons (Fsp3) is 0. The van der Waals surface area contributed by atoms with Crippen LogP contribution in [0.15, 0.2) is 42.5 Å². The number of carbonyl (C=O) groups is 1. The number of hydrogen-bond donors (Lipinski definition) is 1. The number of para-hydroxylation sites is 1. The van der Waals surface area contributed by atoms with Crippen molar-refractivity contribution in [3.63, 3.8) is 0 Å². The first-order valence-corrected chi connectivity index (χ1v) is 5.51. The Morgan fingerprint density at radius 3 is 2.72 bits per heavy atom. The third-order valence-electron chi connectivity index (χ3n) is 2.24. The van der Waals surface area contributed by atoms with E-state index in [1.165, 1.54) is 0 Å². The quantitative estimate of drug-likeness (QED) is 0.842. The standard InChI is InChI=1S/C13H8ClN3O/c14-12-7-3-6-11(16-12)13(18)17-10-5-2-1-4-9(10)8-15/h1-7H,(H,17,18). The predicted molar refractivity (Wildman–Crippen MR) is 68.4 cm³/mol. The lowest BCUT2D eigenvalue weighted by atomic mass is 10.2. The van der Waals surface area contributed by atoms with E-state index in [2.05, 4.69) is 10.3 Å². The average molecular weight is 258 g/mol. The Labute approximate surface area is 109 Å². The average Bonchev–Trinajstić information content (AvgIpc) is 2.39. The lowest BCUT2D eigenvalue weighted by Crippen LogP contribution is -2.14. The molecule has 1 heterocycles. The van der Waals surface area contributed by atoms with Gasteiger partial charge in [-0.1, -0.05) is 29.8 Å². The molecule has 5 heteroatoms. The van der Waals surface area contributed by atoms with Crippen LogP contribution in [0.1, 0.15) is 16.1 Å². The minimum absolute atomic E-state index is 0.204. The van der Waals surface area contributed by atoms with Crippen molar-refractivity contribution in [1.82, 2.24) is 4.98 Å². The van der Waals surface area contributed by atoms with Crippen LogP contribution in [0.4, 0.5) is 5.69 Å². The van der Waals surface area contributed by atoms with Gasteiger partial charge in [0, 0.05) is 0 Å². The molecule has 0 radical (unpaired) electrons. The van der Waals surface area contributed by atoms with Gasteiger partial charge in [-0.25, -0.2) is 4.98 Å². The third-order valence-corrected chi connectivity index (χ3v) is 2.45. The molecule has 4 nitrogen and oxygen atoms in total. The van der Waals surface area contributed by atoms with Crippen molar-refractivity contribution in [1.29, 1.82) is 5.26 Å². The largest absolute Gasteiger partial charge is 0.319 e. The van der Waals surface area contributed by atoms with Gasteiger partial charge in [-0.15, -0.1) is 0 Å². The van der Waals surface area contributed by atoms with Gasteiger partial charge in [0.2, 0.25) is 0 Å².